The Morgan fingerprint density at radius 3 is 2.77 bits per heavy atom. The molecule has 6 heteroatoms. The zero-order valence-corrected chi connectivity index (χ0v) is 12.7. The Kier molecular flexibility index (Phi) is 4.11. The van der Waals surface area contributed by atoms with Crippen LogP contribution in [-0.4, -0.2) is 29.3 Å². The summed E-state index contributed by atoms with van der Waals surface area (Å²) in [5.41, 5.74) is 2.30. The van der Waals surface area contributed by atoms with Crippen molar-refractivity contribution in [3.8, 4) is 5.75 Å². The molecule has 0 amide bonds. The van der Waals surface area contributed by atoms with Crippen molar-refractivity contribution in [1.29, 1.82) is 0 Å². The average Bonchev–Trinajstić information content (AvgIpc) is 3.25. The highest BCUT2D eigenvalue weighted by Crippen LogP contribution is 2.39. The van der Waals surface area contributed by atoms with Crippen LogP contribution in [0.1, 0.15) is 35.7 Å². The number of benzene rings is 1. The second kappa shape index (κ2) is 6.04. The van der Waals surface area contributed by atoms with Gasteiger partial charge in [0.2, 0.25) is 0 Å². The van der Waals surface area contributed by atoms with Gasteiger partial charge in [-0.05, 0) is 38.1 Å². The van der Waals surface area contributed by atoms with Crippen LogP contribution in [0.2, 0.25) is 0 Å². The van der Waals surface area contributed by atoms with Crippen LogP contribution >= 0.6 is 0 Å². The van der Waals surface area contributed by atoms with E-state index in [2.05, 4.69) is 10.2 Å². The van der Waals surface area contributed by atoms with Crippen LogP contribution in [0.3, 0.4) is 0 Å². The Bertz CT molecular complexity index is 667. The van der Waals surface area contributed by atoms with E-state index in [1.165, 1.54) is 26.0 Å². The Morgan fingerprint density at radius 2 is 2.09 bits per heavy atom. The zero-order chi connectivity index (χ0) is 15.7. The summed E-state index contributed by atoms with van der Waals surface area (Å²) >= 11 is 0. The van der Waals surface area contributed by atoms with Crippen molar-refractivity contribution in [3.05, 3.63) is 46.8 Å². The second-order valence-electron chi connectivity index (χ2n) is 5.81. The smallest absolute Gasteiger partial charge is 0.167 e. The summed E-state index contributed by atoms with van der Waals surface area (Å²) in [6, 6.07) is 4.57. The van der Waals surface area contributed by atoms with E-state index in [0.29, 0.717) is 18.2 Å². The third-order valence-corrected chi connectivity index (χ3v) is 3.89. The van der Waals surface area contributed by atoms with E-state index in [9.17, 15) is 8.78 Å². The molecule has 0 saturated heterocycles. The minimum atomic E-state index is -0.859. The zero-order valence-electron chi connectivity index (χ0n) is 12.7. The number of rotatable bonds is 6. The first-order valence-corrected chi connectivity index (χ1v) is 7.32. The third-order valence-electron chi connectivity index (χ3n) is 3.89. The molecule has 0 unspecified atom stereocenters. The highest BCUT2D eigenvalue weighted by molar-refractivity contribution is 5.35. The van der Waals surface area contributed by atoms with Gasteiger partial charge in [-0.25, -0.2) is 8.78 Å². The summed E-state index contributed by atoms with van der Waals surface area (Å²) in [6.45, 7) is 0.837. The number of halogens is 2. The summed E-state index contributed by atoms with van der Waals surface area (Å²) < 4.78 is 32.5. The summed E-state index contributed by atoms with van der Waals surface area (Å²) in [5.74, 6) is -0.763. The monoisotopic (exact) mass is 307 g/mol. The van der Waals surface area contributed by atoms with E-state index in [1.807, 2.05) is 18.0 Å². The van der Waals surface area contributed by atoms with Gasteiger partial charge in [-0.15, -0.1) is 0 Å². The molecule has 0 spiro atoms. The van der Waals surface area contributed by atoms with Gasteiger partial charge in [-0.1, -0.05) is 0 Å². The largest absolute Gasteiger partial charge is 0.496 e. The Morgan fingerprint density at radius 1 is 1.32 bits per heavy atom. The number of methoxy groups -OCH3 is 1. The van der Waals surface area contributed by atoms with Crippen LogP contribution in [0.25, 0.3) is 0 Å². The molecule has 0 bridgehead atoms. The molecule has 1 N–H and O–H groups in total. The summed E-state index contributed by atoms with van der Waals surface area (Å²) in [4.78, 5) is 1.89. The van der Waals surface area contributed by atoms with Crippen LogP contribution in [0.15, 0.2) is 18.2 Å². The van der Waals surface area contributed by atoms with Crippen molar-refractivity contribution >= 4 is 0 Å². The standard InChI is InChI=1S/C16H19F2N3O/c1-21(8-11-7-14(20-19-11)10-3-4-10)9-12-15(22-2)6-5-13(17)16(12)18/h5-7,10H,3-4,8-9H2,1-2H3,(H,19,20). The lowest BCUT2D eigenvalue weighted by Gasteiger charge is -2.18. The lowest BCUT2D eigenvalue weighted by atomic mass is 10.1. The van der Waals surface area contributed by atoms with E-state index in [4.69, 9.17) is 4.74 Å². The topological polar surface area (TPSA) is 41.1 Å². The predicted octanol–water partition coefficient (Wildman–Crippen LogP) is 3.21. The Hall–Kier alpha value is -1.95. The number of aromatic amines is 1. The molecule has 4 nitrogen and oxygen atoms in total. The number of aromatic nitrogens is 2. The van der Waals surface area contributed by atoms with Gasteiger partial charge < -0.3 is 4.74 Å². The molecule has 1 heterocycles. The molecule has 118 valence electrons. The number of ether oxygens (including phenoxy) is 1. The molecule has 1 saturated carbocycles. The van der Waals surface area contributed by atoms with Crippen molar-refractivity contribution in [1.82, 2.24) is 15.1 Å². The molecule has 0 radical (unpaired) electrons. The van der Waals surface area contributed by atoms with Crippen molar-refractivity contribution in [2.24, 2.45) is 0 Å². The molecule has 1 aliphatic carbocycles. The molecule has 1 fully saturated rings. The highest BCUT2D eigenvalue weighted by Gasteiger charge is 2.26. The number of hydrogen-bond acceptors (Lipinski definition) is 3. The second-order valence-corrected chi connectivity index (χ2v) is 5.81. The molecule has 3 rings (SSSR count). The minimum Gasteiger partial charge on any atom is -0.496 e. The van der Waals surface area contributed by atoms with Crippen LogP contribution in [0, 0.1) is 11.6 Å². The van der Waals surface area contributed by atoms with Crippen LogP contribution in [0.4, 0.5) is 8.78 Å². The number of hydrogen-bond donors (Lipinski definition) is 1. The maximum absolute atomic E-state index is 14.0. The average molecular weight is 307 g/mol. The lowest BCUT2D eigenvalue weighted by molar-refractivity contribution is 0.297. The van der Waals surface area contributed by atoms with Crippen molar-refractivity contribution in [3.63, 3.8) is 0 Å². The fourth-order valence-electron chi connectivity index (χ4n) is 2.58. The Balaban J connectivity index is 1.70. The summed E-state index contributed by atoms with van der Waals surface area (Å²) in [5, 5.41) is 7.30. The van der Waals surface area contributed by atoms with Gasteiger partial charge in [0.05, 0.1) is 12.8 Å². The molecule has 0 aliphatic heterocycles. The molecule has 1 aliphatic rings. The first-order valence-electron chi connectivity index (χ1n) is 7.32. The maximum Gasteiger partial charge on any atom is 0.167 e. The van der Waals surface area contributed by atoms with Crippen LogP contribution in [0.5, 0.6) is 5.75 Å². The fourth-order valence-corrected chi connectivity index (χ4v) is 2.58. The molecular formula is C16H19F2N3O. The highest BCUT2D eigenvalue weighted by atomic mass is 19.2. The number of nitrogens with one attached hydrogen (secondary N) is 1. The summed E-state index contributed by atoms with van der Waals surface area (Å²) in [6.07, 6.45) is 2.40. The predicted molar refractivity (Wildman–Crippen MR) is 78.6 cm³/mol. The van der Waals surface area contributed by atoms with E-state index >= 15 is 0 Å². The SMILES string of the molecule is COc1ccc(F)c(F)c1CN(C)Cc1cc(C2CC2)n[nH]1. The van der Waals surface area contributed by atoms with Crippen molar-refractivity contribution in [2.45, 2.75) is 31.8 Å². The molecule has 2 aromatic rings. The number of nitrogens with zero attached hydrogens (tertiary/aromatic N) is 2. The van der Waals surface area contributed by atoms with Gasteiger partial charge >= 0.3 is 0 Å². The van der Waals surface area contributed by atoms with Crippen molar-refractivity contribution < 1.29 is 13.5 Å². The van der Waals surface area contributed by atoms with Gasteiger partial charge in [0.1, 0.15) is 5.75 Å². The summed E-state index contributed by atoms with van der Waals surface area (Å²) in [7, 11) is 3.30. The lowest BCUT2D eigenvalue weighted by Crippen LogP contribution is -2.19. The Labute approximate surface area is 128 Å². The van der Waals surface area contributed by atoms with E-state index in [0.717, 1.165) is 17.5 Å². The van der Waals surface area contributed by atoms with Crippen LogP contribution in [-0.2, 0) is 13.1 Å². The van der Waals surface area contributed by atoms with Gasteiger partial charge in [0.25, 0.3) is 0 Å². The minimum absolute atomic E-state index is 0.229. The van der Waals surface area contributed by atoms with Crippen molar-refractivity contribution in [2.75, 3.05) is 14.2 Å². The fraction of sp³-hybridized carbons (Fsp3) is 0.438. The normalized spacial score (nSPS) is 14.6. The van der Waals surface area contributed by atoms with E-state index in [1.54, 1.807) is 0 Å². The van der Waals surface area contributed by atoms with Crippen LogP contribution < -0.4 is 4.74 Å². The molecule has 1 aromatic heterocycles. The van der Waals surface area contributed by atoms with Gasteiger partial charge in [0.15, 0.2) is 11.6 Å². The first-order chi connectivity index (χ1) is 10.6. The molecular weight excluding hydrogens is 288 g/mol. The van der Waals surface area contributed by atoms with E-state index in [-0.39, 0.29) is 12.1 Å². The van der Waals surface area contributed by atoms with Gasteiger partial charge in [-0.3, -0.25) is 10.00 Å². The first kappa shape index (κ1) is 15.0. The van der Waals surface area contributed by atoms with Gasteiger partial charge in [-0.2, -0.15) is 5.10 Å². The number of H-pyrrole nitrogens is 1. The van der Waals surface area contributed by atoms with E-state index < -0.39 is 11.6 Å². The quantitative estimate of drug-likeness (QED) is 0.891. The molecule has 0 atom stereocenters. The maximum atomic E-state index is 14.0. The molecule has 22 heavy (non-hydrogen) atoms. The van der Waals surface area contributed by atoms with Gasteiger partial charge in [0, 0.05) is 30.3 Å². The third kappa shape index (κ3) is 3.11. The molecule has 1 aromatic carbocycles.